The van der Waals surface area contributed by atoms with E-state index in [0.29, 0.717) is 23.7 Å². The Bertz CT molecular complexity index is 350. The van der Waals surface area contributed by atoms with Gasteiger partial charge in [-0.1, -0.05) is 6.92 Å². The highest BCUT2D eigenvalue weighted by Crippen LogP contribution is 2.32. The zero-order valence-electron chi connectivity index (χ0n) is 8.75. The highest BCUT2D eigenvalue weighted by Gasteiger charge is 2.08. The van der Waals surface area contributed by atoms with Crippen LogP contribution in [0.5, 0.6) is 11.5 Å². The van der Waals surface area contributed by atoms with Crippen LogP contribution < -0.4 is 9.47 Å². The van der Waals surface area contributed by atoms with Crippen molar-refractivity contribution in [2.45, 2.75) is 13.3 Å². The molecule has 0 aliphatic rings. The molecule has 0 aliphatic heterocycles. The van der Waals surface area contributed by atoms with Gasteiger partial charge in [-0.2, -0.15) is 0 Å². The van der Waals surface area contributed by atoms with Gasteiger partial charge in [0.1, 0.15) is 11.5 Å². The summed E-state index contributed by atoms with van der Waals surface area (Å²) in [5, 5.41) is 0. The van der Waals surface area contributed by atoms with E-state index < -0.39 is 0 Å². The molecule has 0 N–H and O–H groups in total. The highest BCUT2D eigenvalue weighted by atomic mass is 79.9. The summed E-state index contributed by atoms with van der Waals surface area (Å²) < 4.78 is 11.3. The standard InChI is InChI=1S/C11H13BrO3/c1-3-4-15-11-5-8(7-13)10(14-2)6-9(11)12/h5-7H,3-4H2,1-2H3. The van der Waals surface area contributed by atoms with Crippen LogP contribution in [0.15, 0.2) is 16.6 Å². The number of aldehydes is 1. The first-order valence-electron chi connectivity index (χ1n) is 4.68. The fraction of sp³-hybridized carbons (Fsp3) is 0.364. The Balaban J connectivity index is 3.02. The third kappa shape index (κ3) is 2.96. The minimum atomic E-state index is 0.492. The van der Waals surface area contributed by atoms with Crippen LogP contribution in [-0.2, 0) is 0 Å². The molecule has 0 fully saturated rings. The summed E-state index contributed by atoms with van der Waals surface area (Å²) in [5.41, 5.74) is 0.492. The molecular weight excluding hydrogens is 260 g/mol. The van der Waals surface area contributed by atoms with Gasteiger partial charge >= 0.3 is 0 Å². The number of hydrogen-bond acceptors (Lipinski definition) is 3. The van der Waals surface area contributed by atoms with Gasteiger partial charge in [0, 0.05) is 0 Å². The predicted molar refractivity (Wildman–Crippen MR) is 61.9 cm³/mol. The maximum Gasteiger partial charge on any atom is 0.153 e. The van der Waals surface area contributed by atoms with Crippen LogP contribution in [0.3, 0.4) is 0 Å². The fourth-order valence-corrected chi connectivity index (χ4v) is 1.58. The molecule has 0 unspecified atom stereocenters. The van der Waals surface area contributed by atoms with Crippen molar-refractivity contribution >= 4 is 22.2 Å². The first kappa shape index (κ1) is 12.0. The summed E-state index contributed by atoms with van der Waals surface area (Å²) in [7, 11) is 1.53. The lowest BCUT2D eigenvalue weighted by Crippen LogP contribution is -1.98. The first-order valence-corrected chi connectivity index (χ1v) is 5.47. The second-order valence-corrected chi connectivity index (χ2v) is 3.85. The van der Waals surface area contributed by atoms with Crippen molar-refractivity contribution in [3.8, 4) is 11.5 Å². The third-order valence-corrected chi connectivity index (χ3v) is 2.49. The molecule has 0 amide bonds. The maximum absolute atomic E-state index is 10.8. The van der Waals surface area contributed by atoms with Crippen molar-refractivity contribution in [2.75, 3.05) is 13.7 Å². The number of carbonyl (C=O) groups is 1. The molecule has 1 rings (SSSR count). The number of methoxy groups -OCH3 is 1. The number of halogens is 1. The lowest BCUT2D eigenvalue weighted by molar-refractivity contribution is 0.112. The molecule has 0 aromatic heterocycles. The molecule has 82 valence electrons. The lowest BCUT2D eigenvalue weighted by Gasteiger charge is -2.10. The molecule has 15 heavy (non-hydrogen) atoms. The highest BCUT2D eigenvalue weighted by molar-refractivity contribution is 9.10. The topological polar surface area (TPSA) is 35.5 Å². The smallest absolute Gasteiger partial charge is 0.153 e. The number of hydrogen-bond donors (Lipinski definition) is 0. The molecule has 0 radical (unpaired) electrons. The monoisotopic (exact) mass is 272 g/mol. The van der Waals surface area contributed by atoms with E-state index in [9.17, 15) is 4.79 Å². The molecule has 0 heterocycles. The van der Waals surface area contributed by atoms with Crippen molar-refractivity contribution in [3.63, 3.8) is 0 Å². The SMILES string of the molecule is CCCOc1cc(C=O)c(OC)cc1Br. The van der Waals surface area contributed by atoms with Gasteiger partial charge in [0.2, 0.25) is 0 Å². The van der Waals surface area contributed by atoms with Crippen LogP contribution in [0.2, 0.25) is 0 Å². The van der Waals surface area contributed by atoms with Crippen molar-refractivity contribution < 1.29 is 14.3 Å². The van der Waals surface area contributed by atoms with E-state index in [-0.39, 0.29) is 0 Å². The molecular formula is C11H13BrO3. The Labute approximate surface area is 97.5 Å². The number of carbonyl (C=O) groups excluding carboxylic acids is 1. The minimum absolute atomic E-state index is 0.492. The number of ether oxygens (including phenoxy) is 2. The Morgan fingerprint density at radius 2 is 2.13 bits per heavy atom. The lowest BCUT2D eigenvalue weighted by atomic mass is 10.2. The van der Waals surface area contributed by atoms with Crippen LogP contribution in [0, 0.1) is 0 Å². The van der Waals surface area contributed by atoms with Gasteiger partial charge in [-0.15, -0.1) is 0 Å². The normalized spacial score (nSPS) is 9.80. The molecule has 0 saturated heterocycles. The number of benzene rings is 1. The first-order chi connectivity index (χ1) is 7.22. The summed E-state index contributed by atoms with van der Waals surface area (Å²) >= 11 is 3.36. The number of rotatable bonds is 5. The van der Waals surface area contributed by atoms with E-state index in [1.165, 1.54) is 7.11 Å². The largest absolute Gasteiger partial charge is 0.496 e. The van der Waals surface area contributed by atoms with Crippen molar-refractivity contribution in [2.24, 2.45) is 0 Å². The van der Waals surface area contributed by atoms with E-state index >= 15 is 0 Å². The van der Waals surface area contributed by atoms with E-state index in [4.69, 9.17) is 9.47 Å². The van der Waals surface area contributed by atoms with E-state index in [2.05, 4.69) is 15.9 Å². The van der Waals surface area contributed by atoms with Gasteiger partial charge in [0.25, 0.3) is 0 Å². The van der Waals surface area contributed by atoms with Crippen LogP contribution in [0.1, 0.15) is 23.7 Å². The zero-order chi connectivity index (χ0) is 11.3. The van der Waals surface area contributed by atoms with Gasteiger partial charge in [-0.3, -0.25) is 4.79 Å². The van der Waals surface area contributed by atoms with Crippen LogP contribution in [-0.4, -0.2) is 20.0 Å². The minimum Gasteiger partial charge on any atom is -0.496 e. The average Bonchev–Trinajstić information content (AvgIpc) is 2.27. The van der Waals surface area contributed by atoms with Gasteiger partial charge in [0.05, 0.1) is 23.8 Å². The third-order valence-electron chi connectivity index (χ3n) is 1.87. The molecule has 0 aliphatic carbocycles. The second-order valence-electron chi connectivity index (χ2n) is 2.99. The Kier molecular flexibility index (Phi) is 4.62. The molecule has 0 spiro atoms. The summed E-state index contributed by atoms with van der Waals surface area (Å²) in [6, 6.07) is 3.40. The van der Waals surface area contributed by atoms with E-state index in [0.717, 1.165) is 17.2 Å². The predicted octanol–water partition coefficient (Wildman–Crippen LogP) is 3.06. The Hall–Kier alpha value is -1.03. The van der Waals surface area contributed by atoms with Crippen LogP contribution in [0.4, 0.5) is 0 Å². The van der Waals surface area contributed by atoms with Gasteiger partial charge in [-0.05, 0) is 34.5 Å². The maximum atomic E-state index is 10.8. The van der Waals surface area contributed by atoms with Crippen molar-refractivity contribution in [1.82, 2.24) is 0 Å². The summed E-state index contributed by atoms with van der Waals surface area (Å²) in [5.74, 6) is 1.21. The van der Waals surface area contributed by atoms with Gasteiger partial charge in [-0.25, -0.2) is 0 Å². The van der Waals surface area contributed by atoms with Crippen LogP contribution >= 0.6 is 15.9 Å². The summed E-state index contributed by atoms with van der Waals surface area (Å²) in [6.07, 6.45) is 1.68. The zero-order valence-corrected chi connectivity index (χ0v) is 10.3. The molecule has 0 bridgehead atoms. The average molecular weight is 273 g/mol. The Morgan fingerprint density at radius 3 is 2.67 bits per heavy atom. The van der Waals surface area contributed by atoms with E-state index in [1.54, 1.807) is 12.1 Å². The van der Waals surface area contributed by atoms with Crippen LogP contribution in [0.25, 0.3) is 0 Å². The molecule has 4 heteroatoms. The fourth-order valence-electron chi connectivity index (χ4n) is 1.14. The molecule has 1 aromatic carbocycles. The molecule has 3 nitrogen and oxygen atoms in total. The summed E-state index contributed by atoms with van der Waals surface area (Å²) in [4.78, 5) is 10.8. The van der Waals surface area contributed by atoms with Crippen molar-refractivity contribution in [1.29, 1.82) is 0 Å². The Morgan fingerprint density at radius 1 is 1.40 bits per heavy atom. The molecule has 0 atom stereocenters. The summed E-state index contributed by atoms with van der Waals surface area (Å²) in [6.45, 7) is 2.65. The van der Waals surface area contributed by atoms with Gasteiger partial charge < -0.3 is 9.47 Å². The van der Waals surface area contributed by atoms with E-state index in [1.807, 2.05) is 6.92 Å². The molecule has 0 saturated carbocycles. The van der Waals surface area contributed by atoms with Crippen molar-refractivity contribution in [3.05, 3.63) is 22.2 Å². The quantitative estimate of drug-likeness (QED) is 0.773. The molecule has 1 aromatic rings. The van der Waals surface area contributed by atoms with Gasteiger partial charge in [0.15, 0.2) is 6.29 Å². The second kappa shape index (κ2) is 5.75.